The van der Waals surface area contributed by atoms with Gasteiger partial charge in [0, 0.05) is 12.2 Å². The summed E-state index contributed by atoms with van der Waals surface area (Å²) >= 11 is 11.0. The third-order valence-electron chi connectivity index (χ3n) is 1.82. The summed E-state index contributed by atoms with van der Waals surface area (Å²) < 4.78 is 0.693. The summed E-state index contributed by atoms with van der Waals surface area (Å²) in [6.07, 6.45) is 4.26. The molecule has 1 fully saturated rings. The van der Waals surface area contributed by atoms with Gasteiger partial charge >= 0.3 is 29.6 Å². The molecular formula is C8H10ClN2NaS. The summed E-state index contributed by atoms with van der Waals surface area (Å²) in [5, 5.41) is 3.90. The third-order valence-corrected chi connectivity index (χ3v) is 2.67. The summed E-state index contributed by atoms with van der Waals surface area (Å²) in [7, 11) is 0. The second-order valence-corrected chi connectivity index (χ2v) is 3.77. The first kappa shape index (κ1) is 11.5. The van der Waals surface area contributed by atoms with Gasteiger partial charge in [-0.05, 0) is 18.9 Å². The number of aromatic nitrogens is 1. The van der Waals surface area contributed by atoms with Crippen LogP contribution in [0.4, 0.5) is 5.82 Å². The molecule has 1 aromatic rings. The van der Waals surface area contributed by atoms with Crippen molar-refractivity contribution in [2.75, 3.05) is 5.32 Å². The van der Waals surface area contributed by atoms with E-state index in [2.05, 4.69) is 10.3 Å². The Morgan fingerprint density at radius 2 is 2.31 bits per heavy atom. The molecule has 13 heavy (non-hydrogen) atoms. The Kier molecular flexibility index (Phi) is 4.26. The molecule has 1 saturated carbocycles. The number of halogens is 1. The summed E-state index contributed by atoms with van der Waals surface area (Å²) in [6, 6.07) is 2.38. The van der Waals surface area contributed by atoms with E-state index >= 15 is 0 Å². The summed E-state index contributed by atoms with van der Waals surface area (Å²) in [5.74, 6) is 0.853. The average Bonchev–Trinajstić information content (AvgIpc) is 2.83. The Hall–Kier alpha value is 0.460. The Labute approximate surface area is 111 Å². The molecule has 5 heteroatoms. The number of anilines is 1. The topological polar surface area (TPSA) is 27.8 Å². The molecule has 0 unspecified atom stereocenters. The molecule has 66 valence electrons. The van der Waals surface area contributed by atoms with Crippen molar-refractivity contribution in [3.63, 3.8) is 0 Å². The van der Waals surface area contributed by atoms with E-state index < -0.39 is 0 Å². The third kappa shape index (κ3) is 2.96. The van der Waals surface area contributed by atoms with Gasteiger partial charge in [-0.25, -0.2) is 0 Å². The Balaban J connectivity index is 0.000000845. The molecule has 1 aliphatic carbocycles. The van der Waals surface area contributed by atoms with Crippen molar-refractivity contribution in [2.45, 2.75) is 18.9 Å². The van der Waals surface area contributed by atoms with Crippen molar-refractivity contribution in [2.24, 2.45) is 0 Å². The predicted molar refractivity (Wildman–Crippen MR) is 54.4 cm³/mol. The molecule has 1 heterocycles. The number of H-pyrrole nitrogens is 1. The smallest absolute Gasteiger partial charge is 1.00 e. The zero-order chi connectivity index (χ0) is 8.55. The van der Waals surface area contributed by atoms with E-state index in [9.17, 15) is 0 Å². The maximum Gasteiger partial charge on any atom is 1.00 e. The number of aromatic amines is 1. The monoisotopic (exact) mass is 224 g/mol. The first-order valence-corrected chi connectivity index (χ1v) is 4.70. The van der Waals surface area contributed by atoms with Crippen molar-refractivity contribution in [3.8, 4) is 0 Å². The maximum atomic E-state index is 5.97. The Morgan fingerprint density at radius 3 is 2.92 bits per heavy atom. The van der Waals surface area contributed by atoms with E-state index in [4.69, 9.17) is 23.8 Å². The summed E-state index contributed by atoms with van der Waals surface area (Å²) in [4.78, 5) is 3.04. The minimum atomic E-state index is 0. The second-order valence-electron chi connectivity index (χ2n) is 2.95. The Bertz CT molecular complexity index is 353. The molecule has 2 rings (SSSR count). The fourth-order valence-electron chi connectivity index (χ4n) is 0.997. The molecule has 0 saturated heterocycles. The minimum Gasteiger partial charge on any atom is -1.00 e. The van der Waals surface area contributed by atoms with Crippen LogP contribution in [-0.2, 0) is 0 Å². The normalized spacial score (nSPS) is 14.8. The first-order chi connectivity index (χ1) is 5.77. The summed E-state index contributed by atoms with van der Waals surface area (Å²) in [5.41, 5.74) is 0. The van der Waals surface area contributed by atoms with Gasteiger partial charge < -0.3 is 11.7 Å². The number of pyridine rings is 1. The van der Waals surface area contributed by atoms with Crippen molar-refractivity contribution in [3.05, 3.63) is 21.8 Å². The SMILES string of the molecule is S=c1cc[nH]c(NC2CC2)c1Cl.[H-].[Na+]. The zero-order valence-electron chi connectivity index (χ0n) is 8.43. The predicted octanol–water partition coefficient (Wildman–Crippen LogP) is 0.0884. The number of hydrogen-bond donors (Lipinski definition) is 2. The average molecular weight is 225 g/mol. The van der Waals surface area contributed by atoms with Gasteiger partial charge in [-0.2, -0.15) is 0 Å². The van der Waals surface area contributed by atoms with Crippen LogP contribution in [0, 0.1) is 4.51 Å². The molecule has 2 N–H and O–H groups in total. The molecule has 2 nitrogen and oxygen atoms in total. The minimum absolute atomic E-state index is 0. The molecule has 1 aromatic heterocycles. The van der Waals surface area contributed by atoms with Crippen molar-refractivity contribution >= 4 is 29.6 Å². The molecule has 0 aliphatic heterocycles. The second kappa shape index (κ2) is 4.80. The van der Waals surface area contributed by atoms with Crippen molar-refractivity contribution in [1.82, 2.24) is 4.98 Å². The van der Waals surface area contributed by atoms with Crippen LogP contribution in [0.2, 0.25) is 5.02 Å². The van der Waals surface area contributed by atoms with Crippen LogP contribution in [0.1, 0.15) is 14.3 Å². The van der Waals surface area contributed by atoms with Crippen LogP contribution in [0.5, 0.6) is 0 Å². The van der Waals surface area contributed by atoms with Gasteiger partial charge in [0.15, 0.2) is 0 Å². The van der Waals surface area contributed by atoms with E-state index in [0.29, 0.717) is 15.6 Å². The standard InChI is InChI=1S/C8H9ClN2S.Na.H/c9-7-6(12)3-4-10-8(7)11-5-1-2-5;;/h3-5H,1-2H2,(H2,10,11,12);;/q;+1;-1. The maximum absolute atomic E-state index is 5.97. The van der Waals surface area contributed by atoms with E-state index in [0.717, 1.165) is 5.82 Å². The molecule has 0 radical (unpaired) electrons. The van der Waals surface area contributed by atoms with Gasteiger partial charge in [-0.15, -0.1) is 0 Å². The molecule has 0 bridgehead atoms. The molecule has 1 aliphatic rings. The first-order valence-electron chi connectivity index (χ1n) is 3.91. The van der Waals surface area contributed by atoms with Gasteiger partial charge in [-0.3, -0.25) is 0 Å². The zero-order valence-corrected chi connectivity index (χ0v) is 11.0. The molecule has 0 amide bonds. The van der Waals surface area contributed by atoms with E-state index in [1.807, 2.05) is 0 Å². The Morgan fingerprint density at radius 1 is 1.62 bits per heavy atom. The fourth-order valence-corrected chi connectivity index (χ4v) is 1.34. The van der Waals surface area contributed by atoms with Gasteiger partial charge in [0.05, 0.1) is 9.53 Å². The fraction of sp³-hybridized carbons (Fsp3) is 0.375. The van der Waals surface area contributed by atoms with E-state index in [1.54, 1.807) is 12.3 Å². The molecule has 0 atom stereocenters. The molecule has 0 aromatic carbocycles. The number of rotatable bonds is 2. The van der Waals surface area contributed by atoms with Gasteiger partial charge in [0.2, 0.25) is 0 Å². The van der Waals surface area contributed by atoms with Gasteiger partial charge in [0.1, 0.15) is 5.82 Å². The van der Waals surface area contributed by atoms with Crippen LogP contribution in [0.25, 0.3) is 0 Å². The van der Waals surface area contributed by atoms with Gasteiger partial charge in [-0.1, -0.05) is 23.8 Å². The van der Waals surface area contributed by atoms with Crippen LogP contribution in [0.15, 0.2) is 12.3 Å². The quantitative estimate of drug-likeness (QED) is 0.551. The van der Waals surface area contributed by atoms with Crippen LogP contribution in [0.3, 0.4) is 0 Å². The largest absolute Gasteiger partial charge is 1.00 e. The summed E-state index contributed by atoms with van der Waals surface area (Å²) in [6.45, 7) is 0. The molecular weight excluding hydrogens is 215 g/mol. The van der Waals surface area contributed by atoms with E-state index in [1.165, 1.54) is 12.8 Å². The number of hydrogen-bond acceptors (Lipinski definition) is 2. The van der Waals surface area contributed by atoms with E-state index in [-0.39, 0.29) is 31.0 Å². The van der Waals surface area contributed by atoms with Crippen LogP contribution in [-0.4, -0.2) is 11.0 Å². The van der Waals surface area contributed by atoms with Crippen LogP contribution >= 0.6 is 23.8 Å². The van der Waals surface area contributed by atoms with Gasteiger partial charge in [0.25, 0.3) is 0 Å². The van der Waals surface area contributed by atoms with Crippen molar-refractivity contribution in [1.29, 1.82) is 0 Å². The molecule has 0 spiro atoms. The van der Waals surface area contributed by atoms with Crippen molar-refractivity contribution < 1.29 is 31.0 Å². The van der Waals surface area contributed by atoms with Crippen LogP contribution < -0.4 is 34.9 Å². The number of nitrogens with one attached hydrogen (secondary N) is 2.